The van der Waals surface area contributed by atoms with Gasteiger partial charge in [0, 0.05) is 12.6 Å². The fourth-order valence-electron chi connectivity index (χ4n) is 4.11. The second kappa shape index (κ2) is 13.7. The summed E-state index contributed by atoms with van der Waals surface area (Å²) in [5.74, 6) is -0.495. The largest absolute Gasteiger partial charge is 0.495 e. The van der Waals surface area contributed by atoms with Crippen LogP contribution in [-0.4, -0.2) is 50.9 Å². The first-order valence-electron chi connectivity index (χ1n) is 13.0. The maximum absolute atomic E-state index is 14.0. The van der Waals surface area contributed by atoms with Crippen LogP contribution in [0.5, 0.6) is 5.75 Å². The molecule has 0 aliphatic carbocycles. The summed E-state index contributed by atoms with van der Waals surface area (Å²) < 4.78 is 33.9. The van der Waals surface area contributed by atoms with Crippen molar-refractivity contribution in [2.24, 2.45) is 0 Å². The molecule has 0 bridgehead atoms. The monoisotopic (exact) mass is 585 g/mol. The standard InChI is InChI=1S/C30H36ClN3O5S/c1-6-22(3)32-30(36)23(4)33(19-24-12-10-11-21(2)17-24)29(35)20-34(25-15-16-28(39-5)27(31)18-25)40(37,38)26-13-8-7-9-14-26/h7-18,22-23H,6,19-20H2,1-5H3,(H,32,36)/t22-,23-/m0/s1. The van der Waals surface area contributed by atoms with E-state index in [1.165, 1.54) is 36.3 Å². The van der Waals surface area contributed by atoms with Gasteiger partial charge in [0.1, 0.15) is 18.3 Å². The van der Waals surface area contributed by atoms with Crippen molar-refractivity contribution in [3.8, 4) is 5.75 Å². The van der Waals surface area contributed by atoms with Crippen molar-refractivity contribution in [3.63, 3.8) is 0 Å². The normalized spacial score (nSPS) is 12.8. The molecule has 40 heavy (non-hydrogen) atoms. The van der Waals surface area contributed by atoms with Crippen LogP contribution in [0.15, 0.2) is 77.7 Å². The number of methoxy groups -OCH3 is 1. The van der Waals surface area contributed by atoms with Gasteiger partial charge in [-0.2, -0.15) is 0 Å². The van der Waals surface area contributed by atoms with Gasteiger partial charge in [-0.05, 0) is 63.1 Å². The van der Waals surface area contributed by atoms with Crippen LogP contribution >= 0.6 is 11.6 Å². The summed E-state index contributed by atoms with van der Waals surface area (Å²) in [6.07, 6.45) is 0.728. The van der Waals surface area contributed by atoms with Gasteiger partial charge in [-0.3, -0.25) is 13.9 Å². The number of rotatable bonds is 12. The fourth-order valence-corrected chi connectivity index (χ4v) is 5.79. The molecular formula is C30H36ClN3O5S. The van der Waals surface area contributed by atoms with E-state index >= 15 is 0 Å². The van der Waals surface area contributed by atoms with Gasteiger partial charge in [0.2, 0.25) is 11.8 Å². The van der Waals surface area contributed by atoms with Crippen LogP contribution in [0.3, 0.4) is 0 Å². The number of hydrogen-bond acceptors (Lipinski definition) is 5. The second-order valence-electron chi connectivity index (χ2n) is 9.65. The van der Waals surface area contributed by atoms with Gasteiger partial charge in [0.25, 0.3) is 10.0 Å². The lowest BCUT2D eigenvalue weighted by Crippen LogP contribution is -2.52. The Balaban J connectivity index is 2.05. The van der Waals surface area contributed by atoms with E-state index in [4.69, 9.17) is 16.3 Å². The first-order chi connectivity index (χ1) is 19.0. The highest BCUT2D eigenvalue weighted by atomic mass is 35.5. The number of carbonyl (C=O) groups is 2. The summed E-state index contributed by atoms with van der Waals surface area (Å²) in [6.45, 7) is 7.00. The molecule has 0 radical (unpaired) electrons. The Kier molecular flexibility index (Phi) is 10.6. The Hall–Kier alpha value is -3.56. The Bertz CT molecular complexity index is 1430. The van der Waals surface area contributed by atoms with E-state index < -0.39 is 28.5 Å². The Labute approximate surface area is 241 Å². The molecule has 2 atom stereocenters. The molecular weight excluding hydrogens is 550 g/mol. The molecule has 1 N–H and O–H groups in total. The van der Waals surface area contributed by atoms with Gasteiger partial charge in [-0.25, -0.2) is 8.42 Å². The smallest absolute Gasteiger partial charge is 0.264 e. The SMILES string of the molecule is CC[C@H](C)NC(=O)[C@H](C)N(Cc1cccc(C)c1)C(=O)CN(c1ccc(OC)c(Cl)c1)S(=O)(=O)c1ccccc1. The second-order valence-corrected chi connectivity index (χ2v) is 11.9. The van der Waals surface area contributed by atoms with E-state index in [2.05, 4.69) is 5.32 Å². The molecule has 2 amide bonds. The molecule has 10 heteroatoms. The van der Waals surface area contributed by atoms with Gasteiger partial charge >= 0.3 is 0 Å². The molecule has 0 saturated carbocycles. The maximum Gasteiger partial charge on any atom is 0.264 e. The highest BCUT2D eigenvalue weighted by Crippen LogP contribution is 2.32. The number of amides is 2. The zero-order chi connectivity index (χ0) is 29.4. The number of carbonyl (C=O) groups excluding carboxylic acids is 2. The lowest BCUT2D eigenvalue weighted by Gasteiger charge is -2.32. The molecule has 3 rings (SSSR count). The summed E-state index contributed by atoms with van der Waals surface area (Å²) in [7, 11) is -2.73. The predicted octanol–water partition coefficient (Wildman–Crippen LogP) is 5.18. The van der Waals surface area contributed by atoms with E-state index in [1.54, 1.807) is 31.2 Å². The fraction of sp³-hybridized carbons (Fsp3) is 0.333. The van der Waals surface area contributed by atoms with Gasteiger partial charge in [-0.1, -0.05) is 66.6 Å². The Morgan fingerprint density at radius 2 is 1.70 bits per heavy atom. The van der Waals surface area contributed by atoms with E-state index in [-0.39, 0.29) is 34.1 Å². The van der Waals surface area contributed by atoms with Crippen molar-refractivity contribution in [1.82, 2.24) is 10.2 Å². The van der Waals surface area contributed by atoms with Crippen LogP contribution in [-0.2, 0) is 26.2 Å². The third-order valence-corrected chi connectivity index (χ3v) is 8.72. The summed E-state index contributed by atoms with van der Waals surface area (Å²) in [5.41, 5.74) is 2.01. The molecule has 0 fully saturated rings. The first-order valence-corrected chi connectivity index (χ1v) is 14.9. The van der Waals surface area contributed by atoms with Crippen LogP contribution in [0.4, 0.5) is 5.69 Å². The van der Waals surface area contributed by atoms with Crippen molar-refractivity contribution >= 4 is 39.1 Å². The van der Waals surface area contributed by atoms with Gasteiger partial charge < -0.3 is 15.0 Å². The molecule has 0 spiro atoms. The van der Waals surface area contributed by atoms with Gasteiger partial charge in [-0.15, -0.1) is 0 Å². The van der Waals surface area contributed by atoms with Crippen LogP contribution < -0.4 is 14.4 Å². The first kappa shape index (κ1) is 31.0. The van der Waals surface area contributed by atoms with E-state index in [9.17, 15) is 18.0 Å². The van der Waals surface area contributed by atoms with Crippen LogP contribution in [0.2, 0.25) is 5.02 Å². The summed E-state index contributed by atoms with van der Waals surface area (Å²) in [4.78, 5) is 28.5. The van der Waals surface area contributed by atoms with Gasteiger partial charge in [0.05, 0.1) is 22.7 Å². The number of hydrogen-bond donors (Lipinski definition) is 1. The summed E-state index contributed by atoms with van der Waals surface area (Å²) >= 11 is 6.35. The van der Waals surface area contributed by atoms with Crippen molar-refractivity contribution in [2.45, 2.75) is 57.6 Å². The van der Waals surface area contributed by atoms with Crippen LogP contribution in [0.25, 0.3) is 0 Å². The summed E-state index contributed by atoms with van der Waals surface area (Å²) in [6, 6.07) is 19.1. The minimum atomic E-state index is -4.18. The molecule has 0 aromatic heterocycles. The topological polar surface area (TPSA) is 96.0 Å². The van der Waals surface area contributed by atoms with E-state index in [1.807, 2.05) is 45.0 Å². The van der Waals surface area contributed by atoms with Crippen molar-refractivity contribution < 1.29 is 22.7 Å². The molecule has 0 saturated heterocycles. The lowest BCUT2D eigenvalue weighted by molar-refractivity contribution is -0.139. The number of ether oxygens (including phenoxy) is 1. The number of sulfonamides is 1. The van der Waals surface area contributed by atoms with Gasteiger partial charge in [0.15, 0.2) is 0 Å². The number of nitrogens with one attached hydrogen (secondary N) is 1. The molecule has 8 nitrogen and oxygen atoms in total. The molecule has 214 valence electrons. The van der Waals surface area contributed by atoms with E-state index in [0.717, 1.165) is 21.9 Å². The molecule has 0 unspecified atom stereocenters. The van der Waals surface area contributed by atoms with Crippen molar-refractivity contribution in [2.75, 3.05) is 18.0 Å². The van der Waals surface area contributed by atoms with Crippen LogP contribution in [0, 0.1) is 6.92 Å². The zero-order valence-corrected chi connectivity index (χ0v) is 25.0. The number of halogens is 1. The molecule has 0 heterocycles. The van der Waals surface area contributed by atoms with Crippen molar-refractivity contribution in [1.29, 1.82) is 0 Å². The highest BCUT2D eigenvalue weighted by molar-refractivity contribution is 7.92. The molecule has 0 aliphatic heterocycles. The third kappa shape index (κ3) is 7.55. The lowest BCUT2D eigenvalue weighted by atomic mass is 10.1. The number of anilines is 1. The number of aryl methyl sites for hydroxylation is 1. The quantitative estimate of drug-likeness (QED) is 0.316. The van der Waals surface area contributed by atoms with E-state index in [0.29, 0.717) is 5.75 Å². The summed E-state index contributed by atoms with van der Waals surface area (Å²) in [5, 5.41) is 3.12. The third-order valence-electron chi connectivity index (χ3n) is 6.64. The molecule has 0 aliphatic rings. The maximum atomic E-state index is 14.0. The molecule has 3 aromatic rings. The van der Waals surface area contributed by atoms with Crippen molar-refractivity contribution in [3.05, 3.63) is 88.9 Å². The number of nitrogens with zero attached hydrogens (tertiary/aromatic N) is 2. The average Bonchev–Trinajstić information content (AvgIpc) is 2.94. The highest BCUT2D eigenvalue weighted by Gasteiger charge is 2.33. The minimum Gasteiger partial charge on any atom is -0.495 e. The number of benzene rings is 3. The molecule has 3 aromatic carbocycles. The van der Waals surface area contributed by atoms with Crippen LogP contribution in [0.1, 0.15) is 38.3 Å². The predicted molar refractivity (Wildman–Crippen MR) is 158 cm³/mol. The Morgan fingerprint density at radius 1 is 1.00 bits per heavy atom. The zero-order valence-electron chi connectivity index (χ0n) is 23.4. The Morgan fingerprint density at radius 3 is 2.30 bits per heavy atom. The average molecular weight is 586 g/mol. The minimum absolute atomic E-state index is 0.0162.